The highest BCUT2D eigenvalue weighted by atomic mass is 33.1. The third-order valence-corrected chi connectivity index (χ3v) is 13.4. The molecule has 2 aromatic rings. The molecule has 14 heteroatoms. The summed E-state index contributed by atoms with van der Waals surface area (Å²) in [4.78, 5) is -0.854. The lowest BCUT2D eigenvalue weighted by atomic mass is 10.1. The SMILES string of the molecule is O=S(=O)(O)c1cc(CCCSCCCCCCSSCCCCCCSCCCc2ccc(O)c(S(=O)(=O)O)c2)ccc1O. The first-order chi connectivity index (χ1) is 21.0. The molecule has 0 saturated heterocycles. The number of aromatic hydroxyl groups is 2. The van der Waals surface area contributed by atoms with Crippen LogP contribution in [-0.2, 0) is 33.1 Å². The number of benzene rings is 2. The lowest BCUT2D eigenvalue weighted by Gasteiger charge is -2.06. The van der Waals surface area contributed by atoms with E-state index in [1.54, 1.807) is 12.1 Å². The second-order valence-corrected chi connectivity index (χ2v) is 18.4. The van der Waals surface area contributed by atoms with Crippen LogP contribution in [0.2, 0.25) is 0 Å². The van der Waals surface area contributed by atoms with E-state index >= 15 is 0 Å². The van der Waals surface area contributed by atoms with Crippen LogP contribution in [0.15, 0.2) is 46.2 Å². The van der Waals surface area contributed by atoms with Gasteiger partial charge in [-0.25, -0.2) is 0 Å². The van der Waals surface area contributed by atoms with Gasteiger partial charge in [0.1, 0.15) is 21.3 Å². The summed E-state index contributed by atoms with van der Waals surface area (Å²) in [7, 11) is -4.85. The van der Waals surface area contributed by atoms with Crippen molar-refractivity contribution in [2.75, 3.05) is 34.5 Å². The van der Waals surface area contributed by atoms with E-state index in [-0.39, 0.29) is 0 Å². The van der Waals surface area contributed by atoms with E-state index in [1.165, 1.54) is 87.1 Å². The Morgan fingerprint density at radius 3 is 1.18 bits per heavy atom. The van der Waals surface area contributed by atoms with Gasteiger partial charge >= 0.3 is 0 Å². The average Bonchev–Trinajstić information content (AvgIpc) is 2.96. The molecule has 0 spiro atoms. The van der Waals surface area contributed by atoms with Gasteiger partial charge in [0.25, 0.3) is 20.2 Å². The van der Waals surface area contributed by atoms with Crippen molar-refractivity contribution in [2.45, 2.75) is 86.8 Å². The fraction of sp³-hybridized carbons (Fsp3) is 0.600. The molecule has 0 heterocycles. The first-order valence-corrected chi connectivity index (χ1v) is 22.6. The third kappa shape index (κ3) is 17.3. The van der Waals surface area contributed by atoms with Crippen molar-refractivity contribution in [3.8, 4) is 11.5 Å². The Labute approximate surface area is 280 Å². The Morgan fingerprint density at radius 2 is 0.818 bits per heavy atom. The molecule has 0 aliphatic rings. The highest BCUT2D eigenvalue weighted by molar-refractivity contribution is 8.76. The zero-order valence-electron chi connectivity index (χ0n) is 25.1. The van der Waals surface area contributed by atoms with Gasteiger partial charge in [0.15, 0.2) is 0 Å². The Kier molecular flexibility index (Phi) is 19.7. The minimum Gasteiger partial charge on any atom is -0.506 e. The maximum Gasteiger partial charge on any atom is 0.298 e. The molecule has 0 atom stereocenters. The largest absolute Gasteiger partial charge is 0.506 e. The standard InChI is InChI=1S/C30H46O8S6/c31-27-15-13-25(23-29(27)43(33,34)35)11-9-19-39-17-5-1-3-7-21-41-42-22-8-4-2-6-18-40-20-10-12-26-14-16-28(32)30(24-26)44(36,37)38/h13-16,23-24,31-32H,1-12,17-22H2,(H,33,34,35)(H,36,37,38). The molecule has 0 saturated carbocycles. The van der Waals surface area contributed by atoms with Crippen LogP contribution in [0, 0.1) is 0 Å². The minimum atomic E-state index is -4.41. The second kappa shape index (κ2) is 21.9. The zero-order chi connectivity index (χ0) is 32.3. The highest BCUT2D eigenvalue weighted by Gasteiger charge is 2.16. The monoisotopic (exact) mass is 726 g/mol. The van der Waals surface area contributed by atoms with E-state index in [4.69, 9.17) is 0 Å². The minimum absolute atomic E-state index is 0.427. The quantitative estimate of drug-likeness (QED) is 0.0445. The summed E-state index contributed by atoms with van der Waals surface area (Å²) in [5, 5.41) is 19.2. The topological polar surface area (TPSA) is 149 Å². The lowest BCUT2D eigenvalue weighted by Crippen LogP contribution is -2.00. The van der Waals surface area contributed by atoms with Crippen molar-refractivity contribution in [3.63, 3.8) is 0 Å². The molecule has 0 amide bonds. The normalized spacial score (nSPS) is 12.1. The molecule has 0 radical (unpaired) electrons. The van der Waals surface area contributed by atoms with E-state index in [0.717, 1.165) is 47.0 Å². The Morgan fingerprint density at radius 1 is 0.477 bits per heavy atom. The maximum atomic E-state index is 11.3. The van der Waals surface area contributed by atoms with Crippen molar-refractivity contribution < 1.29 is 36.2 Å². The van der Waals surface area contributed by atoms with E-state index in [2.05, 4.69) is 0 Å². The lowest BCUT2D eigenvalue weighted by molar-refractivity contribution is 0.440. The summed E-state index contributed by atoms with van der Waals surface area (Å²) in [6, 6.07) is 8.70. The summed E-state index contributed by atoms with van der Waals surface area (Å²) < 4.78 is 63.5. The fourth-order valence-electron chi connectivity index (χ4n) is 4.36. The van der Waals surface area contributed by atoms with Crippen LogP contribution < -0.4 is 0 Å². The third-order valence-electron chi connectivity index (χ3n) is 6.73. The van der Waals surface area contributed by atoms with E-state index < -0.39 is 41.5 Å². The van der Waals surface area contributed by atoms with Crippen molar-refractivity contribution in [1.29, 1.82) is 0 Å². The summed E-state index contributed by atoms with van der Waals surface area (Å²) in [6.07, 6.45) is 13.2. The van der Waals surface area contributed by atoms with Gasteiger partial charge in [0.2, 0.25) is 0 Å². The number of unbranched alkanes of at least 4 members (excludes halogenated alkanes) is 6. The van der Waals surface area contributed by atoms with Crippen molar-refractivity contribution in [2.24, 2.45) is 0 Å². The summed E-state index contributed by atoms with van der Waals surface area (Å²) in [5.74, 6) is 5.81. The molecular weight excluding hydrogens is 681 g/mol. The summed E-state index contributed by atoms with van der Waals surface area (Å²) >= 11 is 3.83. The fourth-order valence-corrected chi connectivity index (χ4v) is 9.84. The Bertz CT molecular complexity index is 1220. The van der Waals surface area contributed by atoms with Gasteiger partial charge < -0.3 is 10.2 Å². The molecule has 8 nitrogen and oxygen atoms in total. The number of rotatable bonds is 25. The molecule has 0 aliphatic carbocycles. The van der Waals surface area contributed by atoms with Crippen LogP contribution in [0.25, 0.3) is 0 Å². The molecule has 0 aromatic heterocycles. The predicted molar refractivity (Wildman–Crippen MR) is 189 cm³/mol. The second-order valence-electron chi connectivity index (χ2n) is 10.5. The van der Waals surface area contributed by atoms with Crippen LogP contribution in [0.3, 0.4) is 0 Å². The van der Waals surface area contributed by atoms with Crippen molar-refractivity contribution >= 4 is 65.3 Å². The smallest absolute Gasteiger partial charge is 0.298 e. The van der Waals surface area contributed by atoms with Crippen LogP contribution in [0.4, 0.5) is 0 Å². The molecular formula is C30H46O8S6. The summed E-state index contributed by atoms with van der Waals surface area (Å²) in [6.45, 7) is 0. The zero-order valence-corrected chi connectivity index (χ0v) is 30.0. The average molecular weight is 727 g/mol. The maximum absolute atomic E-state index is 11.3. The first kappa shape index (κ1) is 39.4. The predicted octanol–water partition coefficient (Wildman–Crippen LogP) is 8.13. The molecule has 2 rings (SSSR count). The molecule has 4 N–H and O–H groups in total. The van der Waals surface area contributed by atoms with Crippen molar-refractivity contribution in [3.05, 3.63) is 47.5 Å². The van der Waals surface area contributed by atoms with Gasteiger partial charge in [-0.05, 0) is 110 Å². The van der Waals surface area contributed by atoms with E-state index in [1.807, 2.05) is 45.1 Å². The van der Waals surface area contributed by atoms with E-state index in [0.29, 0.717) is 12.8 Å². The number of phenols is 2. The highest BCUT2D eigenvalue weighted by Crippen LogP contribution is 2.27. The molecule has 0 bridgehead atoms. The molecule has 2 aromatic carbocycles. The number of hydrogen-bond donors (Lipinski definition) is 4. The van der Waals surface area contributed by atoms with Gasteiger partial charge in [-0.15, -0.1) is 0 Å². The molecule has 0 unspecified atom stereocenters. The summed E-state index contributed by atoms with van der Waals surface area (Å²) in [5.41, 5.74) is 1.59. The van der Waals surface area contributed by atoms with Crippen LogP contribution in [0.5, 0.6) is 11.5 Å². The van der Waals surface area contributed by atoms with Crippen LogP contribution in [0.1, 0.15) is 75.3 Å². The molecule has 44 heavy (non-hydrogen) atoms. The number of hydrogen-bond acceptors (Lipinski definition) is 10. The first-order valence-electron chi connectivity index (χ1n) is 15.0. The van der Waals surface area contributed by atoms with Gasteiger partial charge in [-0.3, -0.25) is 9.11 Å². The Balaban J connectivity index is 1.31. The van der Waals surface area contributed by atoms with E-state index in [9.17, 15) is 36.2 Å². The van der Waals surface area contributed by atoms with Crippen molar-refractivity contribution in [1.82, 2.24) is 0 Å². The molecule has 250 valence electrons. The number of thioether (sulfide) groups is 2. The van der Waals surface area contributed by atoms with Gasteiger partial charge in [-0.2, -0.15) is 40.4 Å². The van der Waals surface area contributed by atoms with Crippen LogP contribution >= 0.6 is 45.1 Å². The van der Waals surface area contributed by atoms with Crippen LogP contribution in [-0.4, -0.2) is 70.7 Å². The molecule has 0 fully saturated rings. The number of aryl methyl sites for hydroxylation is 2. The number of phenolic OH excluding ortho intramolecular Hbond substituents is 2. The van der Waals surface area contributed by atoms with Gasteiger partial charge in [0.05, 0.1) is 0 Å². The van der Waals surface area contributed by atoms with Gasteiger partial charge in [-0.1, -0.05) is 59.4 Å². The molecule has 0 aliphatic heterocycles. The van der Waals surface area contributed by atoms with Gasteiger partial charge in [0, 0.05) is 11.5 Å². The Hall–Kier alpha value is -0.740.